The molecular weight excluding hydrogens is 266 g/mol. The third-order valence-corrected chi connectivity index (χ3v) is 3.27. The summed E-state index contributed by atoms with van der Waals surface area (Å²) in [5.74, 6) is -1.01. The quantitative estimate of drug-likeness (QED) is 0.910. The van der Waals surface area contributed by atoms with Gasteiger partial charge in [-0.2, -0.15) is 5.26 Å². The highest BCUT2D eigenvalue weighted by Gasteiger charge is 2.18. The smallest absolute Gasteiger partial charge is 0.335 e. The summed E-state index contributed by atoms with van der Waals surface area (Å²) in [5.41, 5.74) is 2.30. The molecule has 0 radical (unpaired) electrons. The van der Waals surface area contributed by atoms with Gasteiger partial charge in [0.15, 0.2) is 6.10 Å². The first-order chi connectivity index (χ1) is 10.1. The maximum Gasteiger partial charge on any atom is 0.335 e. The number of carboxylic acids is 1. The Balaban J connectivity index is 2.21. The largest absolute Gasteiger partial charge is 0.478 e. The van der Waals surface area contributed by atoms with E-state index in [1.165, 1.54) is 6.07 Å². The lowest BCUT2D eigenvalue weighted by Crippen LogP contribution is -2.08. The van der Waals surface area contributed by atoms with Gasteiger partial charge in [-0.1, -0.05) is 42.5 Å². The molecule has 0 aliphatic heterocycles. The van der Waals surface area contributed by atoms with Gasteiger partial charge in [0, 0.05) is 0 Å². The minimum Gasteiger partial charge on any atom is -0.478 e. The van der Waals surface area contributed by atoms with E-state index in [2.05, 4.69) is 6.07 Å². The van der Waals surface area contributed by atoms with Crippen molar-refractivity contribution in [2.45, 2.75) is 19.6 Å². The molecule has 1 N–H and O–H groups in total. The second-order valence-electron chi connectivity index (χ2n) is 4.63. The normalized spacial score (nSPS) is 11.6. The average molecular weight is 281 g/mol. The number of hydrogen-bond acceptors (Lipinski definition) is 3. The summed E-state index contributed by atoms with van der Waals surface area (Å²) in [4.78, 5) is 11.1. The number of aromatic carboxylic acids is 1. The van der Waals surface area contributed by atoms with Crippen LogP contribution in [0, 0.1) is 18.3 Å². The second-order valence-corrected chi connectivity index (χ2v) is 4.63. The van der Waals surface area contributed by atoms with E-state index in [9.17, 15) is 10.1 Å². The van der Waals surface area contributed by atoms with E-state index in [-0.39, 0.29) is 5.56 Å². The Hall–Kier alpha value is -2.64. The maximum atomic E-state index is 11.1. The Morgan fingerprint density at radius 3 is 2.57 bits per heavy atom. The molecule has 2 rings (SSSR count). The Kier molecular flexibility index (Phi) is 4.70. The number of ether oxygens (including phenoxy) is 1. The molecule has 0 amide bonds. The Morgan fingerprint density at radius 2 is 1.95 bits per heavy atom. The Labute approximate surface area is 123 Å². The number of carboxylic acid groups (broad SMARTS) is 1. The van der Waals surface area contributed by atoms with Crippen LogP contribution in [-0.4, -0.2) is 11.1 Å². The fraction of sp³-hybridized carbons (Fsp3) is 0.176. The number of benzene rings is 2. The molecule has 106 valence electrons. The molecule has 4 nitrogen and oxygen atoms in total. The van der Waals surface area contributed by atoms with Crippen LogP contribution in [0.25, 0.3) is 0 Å². The minimum absolute atomic E-state index is 0.191. The van der Waals surface area contributed by atoms with E-state index >= 15 is 0 Å². The molecule has 0 bridgehead atoms. The minimum atomic E-state index is -1.01. The van der Waals surface area contributed by atoms with Crippen LogP contribution in [0.2, 0.25) is 0 Å². The second kappa shape index (κ2) is 6.69. The fourth-order valence-corrected chi connectivity index (χ4v) is 2.12. The predicted octanol–water partition coefficient (Wildman–Crippen LogP) is 3.47. The zero-order valence-electron chi connectivity index (χ0n) is 11.6. The molecule has 4 heteroatoms. The van der Waals surface area contributed by atoms with Crippen molar-refractivity contribution in [2.75, 3.05) is 0 Å². The van der Waals surface area contributed by atoms with Crippen molar-refractivity contribution in [3.8, 4) is 6.07 Å². The van der Waals surface area contributed by atoms with Gasteiger partial charge in [-0.05, 0) is 29.7 Å². The summed E-state index contributed by atoms with van der Waals surface area (Å²) in [6.45, 7) is 1.99. The van der Waals surface area contributed by atoms with Crippen LogP contribution in [0.15, 0.2) is 48.5 Å². The average Bonchev–Trinajstić information content (AvgIpc) is 2.50. The molecule has 0 saturated carbocycles. The lowest BCUT2D eigenvalue weighted by molar-refractivity contribution is 0.0691. The van der Waals surface area contributed by atoms with Gasteiger partial charge in [-0.25, -0.2) is 4.79 Å². The highest BCUT2D eigenvalue weighted by atomic mass is 16.5. The number of rotatable bonds is 5. The van der Waals surface area contributed by atoms with Crippen molar-refractivity contribution in [3.05, 3.63) is 70.8 Å². The third kappa shape index (κ3) is 3.47. The summed E-state index contributed by atoms with van der Waals surface area (Å²) in [7, 11) is 0. The summed E-state index contributed by atoms with van der Waals surface area (Å²) in [5, 5.41) is 18.4. The Morgan fingerprint density at radius 1 is 1.24 bits per heavy atom. The first kappa shape index (κ1) is 14.8. The zero-order chi connectivity index (χ0) is 15.2. The van der Waals surface area contributed by atoms with Crippen LogP contribution >= 0.6 is 0 Å². The van der Waals surface area contributed by atoms with Gasteiger partial charge >= 0.3 is 5.97 Å². The van der Waals surface area contributed by atoms with Crippen LogP contribution in [0.3, 0.4) is 0 Å². The molecule has 1 unspecified atom stereocenters. The number of carbonyl (C=O) groups is 1. The van der Waals surface area contributed by atoms with Gasteiger partial charge in [0.1, 0.15) is 0 Å². The number of nitriles is 1. The topological polar surface area (TPSA) is 70.3 Å². The standard InChI is InChI=1S/C17H15NO3/c1-12-14(8-5-9-15(12)17(19)20)16(10-18)21-11-13-6-3-2-4-7-13/h2-9,16H,11H2,1H3,(H,19,20). The molecule has 0 aliphatic carbocycles. The monoisotopic (exact) mass is 281 g/mol. The first-order valence-corrected chi connectivity index (χ1v) is 6.51. The highest BCUT2D eigenvalue weighted by Crippen LogP contribution is 2.24. The van der Waals surface area contributed by atoms with E-state index in [0.29, 0.717) is 17.7 Å². The van der Waals surface area contributed by atoms with E-state index in [1.807, 2.05) is 30.3 Å². The van der Waals surface area contributed by atoms with Gasteiger partial charge in [0.2, 0.25) is 0 Å². The summed E-state index contributed by atoms with van der Waals surface area (Å²) < 4.78 is 5.62. The predicted molar refractivity (Wildman–Crippen MR) is 77.7 cm³/mol. The molecule has 0 saturated heterocycles. The lowest BCUT2D eigenvalue weighted by Gasteiger charge is -2.15. The van der Waals surface area contributed by atoms with Crippen molar-refractivity contribution < 1.29 is 14.6 Å². The molecule has 0 aliphatic rings. The van der Waals surface area contributed by atoms with E-state index < -0.39 is 12.1 Å². The summed E-state index contributed by atoms with van der Waals surface area (Å²) >= 11 is 0. The van der Waals surface area contributed by atoms with Gasteiger partial charge in [0.25, 0.3) is 0 Å². The fourth-order valence-electron chi connectivity index (χ4n) is 2.12. The molecule has 21 heavy (non-hydrogen) atoms. The van der Waals surface area contributed by atoms with Gasteiger partial charge in [-0.15, -0.1) is 0 Å². The molecule has 0 spiro atoms. The summed E-state index contributed by atoms with van der Waals surface area (Å²) in [6.07, 6.45) is -0.787. The molecule has 2 aromatic carbocycles. The van der Waals surface area contributed by atoms with Crippen molar-refractivity contribution in [1.82, 2.24) is 0 Å². The molecule has 2 aromatic rings. The first-order valence-electron chi connectivity index (χ1n) is 6.51. The van der Waals surface area contributed by atoms with Crippen molar-refractivity contribution >= 4 is 5.97 Å². The van der Waals surface area contributed by atoms with Gasteiger partial charge < -0.3 is 9.84 Å². The SMILES string of the molecule is Cc1c(C(=O)O)cccc1C(C#N)OCc1ccccc1. The lowest BCUT2D eigenvalue weighted by atomic mass is 9.99. The van der Waals surface area contributed by atoms with Crippen molar-refractivity contribution in [3.63, 3.8) is 0 Å². The van der Waals surface area contributed by atoms with E-state index in [0.717, 1.165) is 5.56 Å². The van der Waals surface area contributed by atoms with Crippen LogP contribution in [0.4, 0.5) is 0 Å². The third-order valence-electron chi connectivity index (χ3n) is 3.27. The van der Waals surface area contributed by atoms with Gasteiger partial charge in [0.05, 0.1) is 18.2 Å². The van der Waals surface area contributed by atoms with E-state index in [4.69, 9.17) is 9.84 Å². The highest BCUT2D eigenvalue weighted by molar-refractivity contribution is 5.89. The Bertz CT molecular complexity index is 674. The molecule has 0 heterocycles. The van der Waals surface area contributed by atoms with Crippen LogP contribution in [0.1, 0.15) is 33.2 Å². The molecular formula is C17H15NO3. The van der Waals surface area contributed by atoms with E-state index in [1.54, 1.807) is 19.1 Å². The van der Waals surface area contributed by atoms with Crippen LogP contribution in [0.5, 0.6) is 0 Å². The zero-order valence-corrected chi connectivity index (χ0v) is 11.6. The molecule has 1 atom stereocenters. The summed E-state index contributed by atoms with van der Waals surface area (Å²) in [6, 6.07) is 16.5. The number of nitrogens with zero attached hydrogens (tertiary/aromatic N) is 1. The van der Waals surface area contributed by atoms with Crippen LogP contribution < -0.4 is 0 Å². The van der Waals surface area contributed by atoms with Crippen LogP contribution in [-0.2, 0) is 11.3 Å². The van der Waals surface area contributed by atoms with Crippen molar-refractivity contribution in [2.24, 2.45) is 0 Å². The van der Waals surface area contributed by atoms with Crippen molar-refractivity contribution in [1.29, 1.82) is 5.26 Å². The number of hydrogen-bond donors (Lipinski definition) is 1. The molecule has 0 aromatic heterocycles. The molecule has 0 fully saturated rings. The van der Waals surface area contributed by atoms with Gasteiger partial charge in [-0.3, -0.25) is 0 Å². The maximum absolute atomic E-state index is 11.1.